The van der Waals surface area contributed by atoms with Crippen molar-refractivity contribution in [2.24, 2.45) is 0 Å². The van der Waals surface area contributed by atoms with Crippen molar-refractivity contribution in [1.82, 2.24) is 4.90 Å². The Kier molecular flexibility index (Phi) is 7.07. The van der Waals surface area contributed by atoms with Crippen molar-refractivity contribution in [2.75, 3.05) is 19.8 Å². The minimum absolute atomic E-state index is 0.0256. The van der Waals surface area contributed by atoms with Gasteiger partial charge in [0.25, 0.3) is 0 Å². The number of ether oxygens (including phenoxy) is 2. The van der Waals surface area contributed by atoms with Crippen LogP contribution in [0.15, 0.2) is 61.2 Å². The van der Waals surface area contributed by atoms with Gasteiger partial charge in [0.05, 0.1) is 6.42 Å². The maximum atomic E-state index is 12.8. The van der Waals surface area contributed by atoms with E-state index >= 15 is 0 Å². The van der Waals surface area contributed by atoms with Gasteiger partial charge >= 0.3 is 18.0 Å². The molecular weight excluding hydrogens is 398 g/mol. The molecule has 0 spiro atoms. The van der Waals surface area contributed by atoms with Crippen molar-refractivity contribution in [3.8, 4) is 11.1 Å². The van der Waals surface area contributed by atoms with Crippen LogP contribution >= 0.6 is 0 Å². The topological polar surface area (TPSA) is 93.1 Å². The molecule has 0 aliphatic heterocycles. The van der Waals surface area contributed by atoms with Crippen LogP contribution in [0.25, 0.3) is 11.1 Å². The number of nitrogens with zero attached hydrogens (tertiary/aromatic N) is 1. The summed E-state index contributed by atoms with van der Waals surface area (Å²) in [6.45, 7) is 5.19. The summed E-state index contributed by atoms with van der Waals surface area (Å²) in [5.74, 6) is -2.17. The van der Waals surface area contributed by atoms with Crippen molar-refractivity contribution in [3.63, 3.8) is 0 Å². The molecular formula is C24H25NO6. The fourth-order valence-corrected chi connectivity index (χ4v) is 3.85. The van der Waals surface area contributed by atoms with Gasteiger partial charge in [-0.3, -0.25) is 9.69 Å². The molecule has 2 aromatic carbocycles. The smallest absolute Gasteiger partial charge is 0.410 e. The zero-order chi connectivity index (χ0) is 22.4. The summed E-state index contributed by atoms with van der Waals surface area (Å²) in [6, 6.07) is 14.5. The molecule has 0 saturated heterocycles. The lowest BCUT2D eigenvalue weighted by atomic mass is 9.98. The second-order valence-electron chi connectivity index (χ2n) is 7.12. The Balaban J connectivity index is 1.73. The Morgan fingerprint density at radius 3 is 2.16 bits per heavy atom. The number of fused-ring (bicyclic) bond motifs is 3. The fourth-order valence-electron chi connectivity index (χ4n) is 3.85. The monoisotopic (exact) mass is 423 g/mol. The SMILES string of the molecule is C=CCOC(=O)C[C@@H](C(=O)O)N(CC)C(=O)OCC1c2ccccc2-c2ccccc21. The molecule has 162 valence electrons. The first kappa shape index (κ1) is 22.1. The predicted molar refractivity (Wildman–Crippen MR) is 115 cm³/mol. The lowest BCUT2D eigenvalue weighted by molar-refractivity contribution is -0.151. The number of aliphatic carboxylic acids is 1. The third kappa shape index (κ3) is 4.77. The van der Waals surface area contributed by atoms with Crippen LogP contribution < -0.4 is 0 Å². The molecule has 0 unspecified atom stereocenters. The van der Waals surface area contributed by atoms with Gasteiger partial charge in [-0.25, -0.2) is 9.59 Å². The van der Waals surface area contributed by atoms with Gasteiger partial charge in [0.1, 0.15) is 19.3 Å². The fraction of sp³-hybridized carbons (Fsp3) is 0.292. The first-order valence-electron chi connectivity index (χ1n) is 10.1. The quantitative estimate of drug-likeness (QED) is 0.487. The van der Waals surface area contributed by atoms with Crippen molar-refractivity contribution in [1.29, 1.82) is 0 Å². The molecule has 1 aliphatic carbocycles. The summed E-state index contributed by atoms with van der Waals surface area (Å²) >= 11 is 0. The minimum atomic E-state index is -1.38. The Hall–Kier alpha value is -3.61. The molecule has 2 aromatic rings. The number of esters is 1. The molecule has 1 amide bonds. The number of hydrogen-bond donors (Lipinski definition) is 1. The zero-order valence-electron chi connectivity index (χ0n) is 17.3. The summed E-state index contributed by atoms with van der Waals surface area (Å²) in [7, 11) is 0. The van der Waals surface area contributed by atoms with Crippen LogP contribution in [0.2, 0.25) is 0 Å². The van der Waals surface area contributed by atoms with Gasteiger partial charge in [-0.15, -0.1) is 0 Å². The van der Waals surface area contributed by atoms with Crippen molar-refractivity contribution >= 4 is 18.0 Å². The third-order valence-electron chi connectivity index (χ3n) is 5.29. The largest absolute Gasteiger partial charge is 0.480 e. The molecule has 0 saturated carbocycles. The number of carboxylic acid groups (broad SMARTS) is 1. The normalized spacial score (nSPS) is 12.9. The van der Waals surface area contributed by atoms with Gasteiger partial charge in [0.2, 0.25) is 0 Å². The number of amides is 1. The molecule has 3 rings (SSSR count). The van der Waals surface area contributed by atoms with Crippen LogP contribution in [0.4, 0.5) is 4.79 Å². The Morgan fingerprint density at radius 1 is 1.06 bits per heavy atom. The Bertz CT molecular complexity index is 940. The molecule has 1 aliphatic rings. The molecule has 7 heteroatoms. The van der Waals surface area contributed by atoms with E-state index in [1.807, 2.05) is 48.5 Å². The molecule has 0 radical (unpaired) electrons. The maximum Gasteiger partial charge on any atom is 0.410 e. The third-order valence-corrected chi connectivity index (χ3v) is 5.29. The number of benzene rings is 2. The summed E-state index contributed by atoms with van der Waals surface area (Å²) in [4.78, 5) is 37.4. The standard InChI is InChI=1S/C24H25NO6/c1-3-13-30-22(26)14-21(23(27)28)25(4-2)24(29)31-15-20-18-11-7-5-9-16(18)17-10-6-8-12-19(17)20/h3,5-12,20-21H,1,4,13-15H2,2H3,(H,27,28)/t21-/m0/s1. The lowest BCUT2D eigenvalue weighted by Gasteiger charge is -2.27. The number of carbonyl (C=O) groups excluding carboxylic acids is 2. The first-order chi connectivity index (χ1) is 15.0. The lowest BCUT2D eigenvalue weighted by Crippen LogP contribution is -2.46. The summed E-state index contributed by atoms with van der Waals surface area (Å²) in [5, 5.41) is 9.56. The summed E-state index contributed by atoms with van der Waals surface area (Å²) < 4.78 is 10.4. The molecule has 0 bridgehead atoms. The van der Waals surface area contributed by atoms with E-state index in [4.69, 9.17) is 9.47 Å². The highest BCUT2D eigenvalue weighted by atomic mass is 16.6. The van der Waals surface area contributed by atoms with E-state index in [0.29, 0.717) is 0 Å². The van der Waals surface area contributed by atoms with Crippen LogP contribution in [-0.4, -0.2) is 53.8 Å². The van der Waals surface area contributed by atoms with E-state index in [1.54, 1.807) is 6.92 Å². The number of carbonyl (C=O) groups is 3. The number of carboxylic acids is 1. The van der Waals surface area contributed by atoms with Crippen molar-refractivity contribution in [2.45, 2.75) is 25.3 Å². The van der Waals surface area contributed by atoms with Gasteiger partial charge in [-0.05, 0) is 29.2 Å². The second-order valence-corrected chi connectivity index (χ2v) is 7.12. The van der Waals surface area contributed by atoms with E-state index in [0.717, 1.165) is 27.2 Å². The molecule has 1 atom stereocenters. The van der Waals surface area contributed by atoms with E-state index in [2.05, 4.69) is 6.58 Å². The van der Waals surface area contributed by atoms with Gasteiger partial charge in [0.15, 0.2) is 0 Å². The Labute approximate surface area is 180 Å². The van der Waals surface area contributed by atoms with Crippen molar-refractivity contribution < 1.29 is 29.0 Å². The highest BCUT2D eigenvalue weighted by Crippen LogP contribution is 2.44. The minimum Gasteiger partial charge on any atom is -0.480 e. The molecule has 0 heterocycles. The van der Waals surface area contributed by atoms with Crippen LogP contribution in [-0.2, 0) is 19.1 Å². The molecule has 7 nitrogen and oxygen atoms in total. The van der Waals surface area contributed by atoms with Crippen LogP contribution in [0.1, 0.15) is 30.4 Å². The average molecular weight is 423 g/mol. The Morgan fingerprint density at radius 2 is 1.65 bits per heavy atom. The first-order valence-corrected chi connectivity index (χ1v) is 10.1. The second kappa shape index (κ2) is 9.93. The van der Waals surface area contributed by atoms with Gasteiger partial charge in [0, 0.05) is 12.5 Å². The highest BCUT2D eigenvalue weighted by Gasteiger charge is 2.34. The number of hydrogen-bond acceptors (Lipinski definition) is 5. The predicted octanol–water partition coefficient (Wildman–Crippen LogP) is 3.83. The maximum absolute atomic E-state index is 12.8. The summed E-state index contributed by atoms with van der Waals surface area (Å²) in [5.41, 5.74) is 4.31. The van der Waals surface area contributed by atoms with Gasteiger partial charge in [-0.1, -0.05) is 61.2 Å². The zero-order valence-corrected chi connectivity index (χ0v) is 17.3. The number of likely N-dealkylation sites (N-methyl/N-ethyl adjacent to an activating group) is 1. The molecule has 0 aromatic heterocycles. The summed E-state index contributed by atoms with van der Waals surface area (Å²) in [6.07, 6.45) is 0.131. The average Bonchev–Trinajstić information content (AvgIpc) is 3.09. The van der Waals surface area contributed by atoms with E-state index in [-0.39, 0.29) is 25.7 Å². The van der Waals surface area contributed by atoms with E-state index in [1.165, 1.54) is 6.08 Å². The molecule has 0 fully saturated rings. The van der Waals surface area contributed by atoms with Crippen molar-refractivity contribution in [3.05, 3.63) is 72.3 Å². The van der Waals surface area contributed by atoms with Crippen LogP contribution in [0.5, 0.6) is 0 Å². The highest BCUT2D eigenvalue weighted by molar-refractivity contribution is 5.85. The molecule has 1 N–H and O–H groups in total. The van der Waals surface area contributed by atoms with Crippen LogP contribution in [0.3, 0.4) is 0 Å². The van der Waals surface area contributed by atoms with Crippen LogP contribution in [0, 0.1) is 0 Å². The van der Waals surface area contributed by atoms with E-state index in [9.17, 15) is 19.5 Å². The van der Waals surface area contributed by atoms with Gasteiger partial charge in [-0.2, -0.15) is 0 Å². The molecule has 31 heavy (non-hydrogen) atoms. The van der Waals surface area contributed by atoms with Gasteiger partial charge < -0.3 is 14.6 Å². The van der Waals surface area contributed by atoms with E-state index < -0.39 is 30.5 Å². The number of rotatable bonds is 9.